The molecule has 39 heavy (non-hydrogen) atoms. The number of hydrogen-bond donors (Lipinski definition) is 1. The van der Waals surface area contributed by atoms with Crippen LogP contribution in [0.3, 0.4) is 0 Å². The first-order valence-electron chi connectivity index (χ1n) is 12.2. The highest BCUT2D eigenvalue weighted by Crippen LogP contribution is 2.41. The predicted molar refractivity (Wildman–Crippen MR) is 143 cm³/mol. The van der Waals surface area contributed by atoms with Gasteiger partial charge in [-0.3, -0.25) is 9.59 Å². The first-order chi connectivity index (χ1) is 18.5. The lowest BCUT2D eigenvalue weighted by atomic mass is 9.91. The summed E-state index contributed by atoms with van der Waals surface area (Å²) in [5, 5.41) is 11.9. The van der Waals surface area contributed by atoms with Crippen molar-refractivity contribution in [2.45, 2.75) is 12.8 Å². The van der Waals surface area contributed by atoms with Crippen molar-refractivity contribution < 1.29 is 33.5 Å². The van der Waals surface area contributed by atoms with Crippen LogP contribution in [-0.4, -0.2) is 62.1 Å². The van der Waals surface area contributed by atoms with Crippen LogP contribution in [0.2, 0.25) is 0 Å². The van der Waals surface area contributed by atoms with Crippen molar-refractivity contribution in [2.75, 3.05) is 33.1 Å². The Hall–Kier alpha value is -4.99. The minimum atomic E-state index is -1.25. The predicted octanol–water partition coefficient (Wildman–Crippen LogP) is 3.22. The number of anilines is 1. The second-order valence-electron chi connectivity index (χ2n) is 9.69. The van der Waals surface area contributed by atoms with Crippen molar-refractivity contribution in [3.05, 3.63) is 71.1 Å². The third kappa shape index (κ3) is 4.72. The van der Waals surface area contributed by atoms with E-state index in [0.717, 1.165) is 17.1 Å². The zero-order valence-corrected chi connectivity index (χ0v) is 21.8. The number of fused-ring (bicyclic) bond motifs is 2. The van der Waals surface area contributed by atoms with Crippen molar-refractivity contribution in [3.63, 3.8) is 0 Å². The van der Waals surface area contributed by atoms with E-state index >= 15 is 0 Å². The van der Waals surface area contributed by atoms with Crippen LogP contribution in [0.1, 0.15) is 33.6 Å². The standard InChI is InChI=1S/C29H25N3O7/c1-30(2)19-5-7-21-23(14-19)38-24-15-20(31(3)4)6-8-22(24)27(21)16-11-17(28(35)36)13-18(12-16)29(37)39-32-25(33)9-10-26(32)34/h5-8,11-15H,9-10H2,1-4H3/p+1. The van der Waals surface area contributed by atoms with Crippen LogP contribution in [0.25, 0.3) is 33.4 Å². The number of hydroxylamine groups is 2. The summed E-state index contributed by atoms with van der Waals surface area (Å²) in [6.07, 6.45) is -0.107. The molecule has 10 heteroatoms. The van der Waals surface area contributed by atoms with E-state index in [1.807, 2.05) is 74.1 Å². The van der Waals surface area contributed by atoms with E-state index in [-0.39, 0.29) is 24.0 Å². The highest BCUT2D eigenvalue weighted by Gasteiger charge is 2.33. The second-order valence-corrected chi connectivity index (χ2v) is 9.69. The molecule has 10 nitrogen and oxygen atoms in total. The number of rotatable bonds is 5. The van der Waals surface area contributed by atoms with Gasteiger partial charge in [-0.25, -0.2) is 14.2 Å². The summed E-state index contributed by atoms with van der Waals surface area (Å²) in [7, 11) is 7.66. The summed E-state index contributed by atoms with van der Waals surface area (Å²) in [6.45, 7) is 0. The number of carbonyl (C=O) groups is 4. The quantitative estimate of drug-likeness (QED) is 0.238. The number of benzene rings is 3. The summed E-state index contributed by atoms with van der Waals surface area (Å²) in [6, 6.07) is 15.5. The van der Waals surface area contributed by atoms with Crippen molar-refractivity contribution in [1.29, 1.82) is 0 Å². The van der Waals surface area contributed by atoms with Gasteiger partial charge < -0.3 is 19.3 Å². The van der Waals surface area contributed by atoms with Gasteiger partial charge in [0.25, 0.3) is 11.8 Å². The molecular formula is C29H26N3O7+. The Morgan fingerprint density at radius 3 is 2.28 bits per heavy atom. The molecule has 2 aromatic rings. The number of hydrogen-bond acceptors (Lipinski definition) is 7. The van der Waals surface area contributed by atoms with Crippen molar-refractivity contribution >= 4 is 40.4 Å². The number of carbonyl (C=O) groups excluding carboxylic acids is 3. The molecule has 0 atom stereocenters. The van der Waals surface area contributed by atoms with Gasteiger partial charge in [0.05, 0.1) is 17.2 Å². The monoisotopic (exact) mass is 528 g/mol. The molecule has 198 valence electrons. The van der Waals surface area contributed by atoms with Crippen LogP contribution < -0.4 is 14.8 Å². The molecule has 1 aliphatic carbocycles. The maximum atomic E-state index is 13.0. The van der Waals surface area contributed by atoms with Crippen molar-refractivity contribution in [1.82, 2.24) is 9.64 Å². The molecule has 0 unspecified atom stereocenters. The first-order valence-corrected chi connectivity index (χ1v) is 12.2. The van der Waals surface area contributed by atoms with Gasteiger partial charge in [-0.1, -0.05) is 0 Å². The molecule has 2 amide bonds. The number of aromatic carboxylic acids is 1. The minimum absolute atomic E-state index is 0.0537. The Morgan fingerprint density at radius 2 is 1.64 bits per heavy atom. The summed E-state index contributed by atoms with van der Waals surface area (Å²) in [4.78, 5) is 56.1. The minimum Gasteiger partial charge on any atom is -0.478 e. The normalized spacial score (nSPS) is 13.3. The molecule has 1 saturated heterocycles. The van der Waals surface area contributed by atoms with Gasteiger partial charge in [-0.15, -0.1) is 5.06 Å². The van der Waals surface area contributed by atoms with Gasteiger partial charge in [0.15, 0.2) is 0 Å². The van der Waals surface area contributed by atoms with Crippen molar-refractivity contribution in [2.24, 2.45) is 0 Å². The lowest BCUT2D eigenvalue weighted by Gasteiger charge is -2.19. The Labute approximate surface area is 223 Å². The Morgan fingerprint density at radius 1 is 0.949 bits per heavy atom. The van der Waals surface area contributed by atoms with E-state index in [1.54, 1.807) is 0 Å². The van der Waals surface area contributed by atoms with Gasteiger partial charge >= 0.3 is 11.9 Å². The summed E-state index contributed by atoms with van der Waals surface area (Å²) >= 11 is 0. The maximum absolute atomic E-state index is 13.0. The van der Waals surface area contributed by atoms with E-state index in [4.69, 9.17) is 9.25 Å². The molecule has 3 aliphatic rings. The molecular weight excluding hydrogens is 502 g/mol. The van der Waals surface area contributed by atoms with E-state index in [2.05, 4.69) is 0 Å². The van der Waals surface area contributed by atoms with Crippen LogP contribution >= 0.6 is 0 Å². The Balaban J connectivity index is 1.76. The highest BCUT2D eigenvalue weighted by molar-refractivity contribution is 6.06. The number of carboxylic acids is 1. The third-order valence-corrected chi connectivity index (χ3v) is 6.61. The van der Waals surface area contributed by atoms with Gasteiger partial charge in [0, 0.05) is 61.3 Å². The molecule has 0 aromatic heterocycles. The zero-order chi connectivity index (χ0) is 28.0. The molecule has 0 saturated carbocycles. The second kappa shape index (κ2) is 9.71. The van der Waals surface area contributed by atoms with E-state index in [0.29, 0.717) is 38.5 Å². The van der Waals surface area contributed by atoms with Crippen LogP contribution in [0.15, 0.2) is 59.0 Å². The molecule has 1 fully saturated rings. The highest BCUT2D eigenvalue weighted by atomic mass is 16.7. The molecule has 0 bridgehead atoms. The fourth-order valence-corrected chi connectivity index (χ4v) is 4.54. The molecule has 1 N–H and O–H groups in total. The number of nitrogens with zero attached hydrogens (tertiary/aromatic N) is 3. The fraction of sp³-hybridized carbons (Fsp3) is 0.207. The first kappa shape index (κ1) is 25.7. The van der Waals surface area contributed by atoms with E-state index in [1.165, 1.54) is 12.1 Å². The molecule has 5 rings (SSSR count). The van der Waals surface area contributed by atoms with Crippen LogP contribution in [-0.2, 0) is 14.4 Å². The third-order valence-electron chi connectivity index (χ3n) is 6.61. The molecule has 0 radical (unpaired) electrons. The summed E-state index contributed by atoms with van der Waals surface area (Å²) in [5.74, 6) is -2.95. The van der Waals surface area contributed by atoms with Crippen LogP contribution in [0.5, 0.6) is 0 Å². The molecule has 2 aromatic carbocycles. The Kier molecular flexibility index (Phi) is 6.39. The molecule has 2 aliphatic heterocycles. The van der Waals surface area contributed by atoms with E-state index < -0.39 is 23.8 Å². The fourth-order valence-electron chi connectivity index (χ4n) is 4.54. The smallest absolute Gasteiger partial charge is 0.363 e. The topological polar surface area (TPSA) is 120 Å². The van der Waals surface area contributed by atoms with Gasteiger partial charge in [-0.2, -0.15) is 0 Å². The lowest BCUT2D eigenvalue weighted by Crippen LogP contribution is -2.32. The Bertz CT molecular complexity index is 1710. The van der Waals surface area contributed by atoms with Gasteiger partial charge in [0.1, 0.15) is 25.4 Å². The lowest BCUT2D eigenvalue weighted by molar-refractivity contribution is -0.172. The molecule has 0 spiro atoms. The number of imide groups is 1. The van der Waals surface area contributed by atoms with Crippen LogP contribution in [0, 0.1) is 0 Å². The average molecular weight is 529 g/mol. The zero-order valence-electron chi connectivity index (χ0n) is 21.8. The summed E-state index contributed by atoms with van der Waals surface area (Å²) < 4.78 is 8.25. The van der Waals surface area contributed by atoms with Crippen molar-refractivity contribution in [3.8, 4) is 22.5 Å². The molecule has 2 heterocycles. The van der Waals surface area contributed by atoms with Gasteiger partial charge in [0.2, 0.25) is 5.36 Å². The summed E-state index contributed by atoms with van der Waals surface area (Å²) in [5.41, 5.74) is 3.00. The largest absolute Gasteiger partial charge is 0.478 e. The maximum Gasteiger partial charge on any atom is 0.363 e. The SMILES string of the molecule is CN(C)c1ccc2c(-c3cc(C(=O)O)cc(C(=O)ON4C(=O)CCC4=O)c3)c3ccc(=[N+](C)C)cc-3oc2c1. The number of carboxylic acid groups (broad SMARTS) is 1. The van der Waals surface area contributed by atoms with E-state index in [9.17, 15) is 24.3 Å². The van der Waals surface area contributed by atoms with Crippen LogP contribution in [0.4, 0.5) is 5.69 Å². The van der Waals surface area contributed by atoms with Gasteiger partial charge in [-0.05, 0) is 42.0 Å². The number of amides is 2. The average Bonchev–Trinajstić information content (AvgIpc) is 3.22.